The van der Waals surface area contributed by atoms with Crippen LogP contribution in [0.1, 0.15) is 65.7 Å². The third-order valence-corrected chi connectivity index (χ3v) is 8.35. The number of allylic oxidation sites excluding steroid dienone is 1. The minimum atomic E-state index is -0.435. The Morgan fingerprint density at radius 1 is 1.20 bits per heavy atom. The maximum atomic E-state index is 11.9. The molecule has 0 radical (unpaired) electrons. The lowest BCUT2D eigenvalue weighted by atomic mass is 9.47. The fourth-order valence-corrected chi connectivity index (χ4v) is 7.05. The smallest absolute Gasteiger partial charge is 0.217 e. The quantitative estimate of drug-likeness (QED) is 0.768. The average Bonchev–Trinajstić information content (AvgIpc) is 2.79. The highest BCUT2D eigenvalue weighted by molar-refractivity contribution is 5.91. The van der Waals surface area contributed by atoms with E-state index in [0.717, 1.165) is 38.5 Å². The van der Waals surface area contributed by atoms with E-state index in [1.54, 1.807) is 6.92 Å². The molecular formula is C21H31NO3. The van der Waals surface area contributed by atoms with E-state index in [4.69, 9.17) is 0 Å². The van der Waals surface area contributed by atoms with Crippen LogP contribution in [-0.4, -0.2) is 28.9 Å². The van der Waals surface area contributed by atoms with Gasteiger partial charge in [0.25, 0.3) is 0 Å². The second-order valence-electron chi connectivity index (χ2n) is 9.49. The average molecular weight is 345 g/mol. The van der Waals surface area contributed by atoms with E-state index in [1.165, 1.54) is 5.57 Å². The molecule has 4 aliphatic rings. The van der Waals surface area contributed by atoms with Crippen LogP contribution in [-0.2, 0) is 9.59 Å². The Bertz CT molecular complexity index is 641. The monoisotopic (exact) mass is 345 g/mol. The summed E-state index contributed by atoms with van der Waals surface area (Å²) in [7, 11) is 0. The zero-order valence-electron chi connectivity index (χ0n) is 15.7. The van der Waals surface area contributed by atoms with Crippen LogP contribution < -0.4 is 5.32 Å². The molecule has 138 valence electrons. The van der Waals surface area contributed by atoms with E-state index < -0.39 is 6.10 Å². The van der Waals surface area contributed by atoms with Gasteiger partial charge in [0.15, 0.2) is 5.78 Å². The van der Waals surface area contributed by atoms with Gasteiger partial charge in [0.1, 0.15) is 0 Å². The minimum absolute atomic E-state index is 0.00564. The van der Waals surface area contributed by atoms with Gasteiger partial charge >= 0.3 is 0 Å². The van der Waals surface area contributed by atoms with Crippen molar-refractivity contribution in [2.24, 2.45) is 28.6 Å². The highest BCUT2D eigenvalue weighted by Crippen LogP contribution is 2.65. The SMILES string of the molecule is CC(=O)N[C@H]1[C@H](O)C[C@H]2[C@@H]3CCC4=CC(=O)CC[C@]4(C)[C@H]3CC[C@@]21C. The van der Waals surface area contributed by atoms with Crippen LogP contribution in [0.3, 0.4) is 0 Å². The zero-order chi connectivity index (χ0) is 18.0. The summed E-state index contributed by atoms with van der Waals surface area (Å²) < 4.78 is 0. The van der Waals surface area contributed by atoms with Crippen molar-refractivity contribution in [2.45, 2.75) is 77.9 Å². The van der Waals surface area contributed by atoms with E-state index >= 15 is 0 Å². The number of rotatable bonds is 1. The van der Waals surface area contributed by atoms with Crippen molar-refractivity contribution in [2.75, 3.05) is 0 Å². The normalized spacial score (nSPS) is 48.9. The van der Waals surface area contributed by atoms with Gasteiger partial charge in [-0.2, -0.15) is 0 Å². The number of nitrogens with one attached hydrogen (secondary N) is 1. The molecule has 0 heterocycles. The van der Waals surface area contributed by atoms with Crippen molar-refractivity contribution in [1.82, 2.24) is 5.32 Å². The van der Waals surface area contributed by atoms with E-state index in [2.05, 4.69) is 19.2 Å². The number of hydrogen-bond donors (Lipinski definition) is 2. The predicted octanol–water partition coefficient (Wildman–Crippen LogP) is 2.99. The first-order valence-electron chi connectivity index (χ1n) is 9.95. The highest BCUT2D eigenvalue weighted by Gasteiger charge is 2.61. The summed E-state index contributed by atoms with van der Waals surface area (Å²) >= 11 is 0. The number of hydrogen-bond acceptors (Lipinski definition) is 3. The van der Waals surface area contributed by atoms with Crippen LogP contribution in [0, 0.1) is 28.6 Å². The fourth-order valence-electron chi connectivity index (χ4n) is 7.05. The van der Waals surface area contributed by atoms with Crippen LogP contribution in [0.25, 0.3) is 0 Å². The molecule has 0 aliphatic heterocycles. The summed E-state index contributed by atoms with van der Waals surface area (Å²) in [6.45, 7) is 6.21. The topological polar surface area (TPSA) is 66.4 Å². The molecule has 3 fully saturated rings. The van der Waals surface area contributed by atoms with Crippen molar-refractivity contribution < 1.29 is 14.7 Å². The standard InChI is InChI=1S/C21H31NO3/c1-12(23)22-19-18(25)11-17-15-5-4-13-10-14(24)6-8-20(13,2)16(15)7-9-21(17,19)3/h10,15-19,25H,4-9,11H2,1-3H3,(H,22,23)/t15-,16+,17+,18-,19+,20+,21+/m1/s1. The third-order valence-electron chi connectivity index (χ3n) is 8.35. The number of aliphatic hydroxyl groups excluding tert-OH is 1. The van der Waals surface area contributed by atoms with Gasteiger partial charge < -0.3 is 10.4 Å². The number of ketones is 1. The largest absolute Gasteiger partial charge is 0.391 e. The van der Waals surface area contributed by atoms with Crippen LogP contribution in [0.4, 0.5) is 0 Å². The first-order valence-corrected chi connectivity index (χ1v) is 9.95. The van der Waals surface area contributed by atoms with Gasteiger partial charge in [-0.15, -0.1) is 0 Å². The van der Waals surface area contributed by atoms with Crippen LogP contribution in [0.15, 0.2) is 11.6 Å². The Balaban J connectivity index is 1.65. The van der Waals surface area contributed by atoms with E-state index in [9.17, 15) is 14.7 Å². The molecule has 0 aromatic carbocycles. The Hall–Kier alpha value is -1.16. The number of carbonyl (C=O) groups excluding carboxylic acids is 2. The molecule has 0 unspecified atom stereocenters. The van der Waals surface area contributed by atoms with Gasteiger partial charge in [0.05, 0.1) is 12.1 Å². The van der Waals surface area contributed by atoms with Crippen molar-refractivity contribution in [3.05, 3.63) is 11.6 Å². The molecule has 7 atom stereocenters. The minimum Gasteiger partial charge on any atom is -0.391 e. The maximum absolute atomic E-state index is 11.9. The molecule has 3 saturated carbocycles. The van der Waals surface area contributed by atoms with Crippen LogP contribution >= 0.6 is 0 Å². The summed E-state index contributed by atoms with van der Waals surface area (Å²) in [5.41, 5.74) is 1.54. The van der Waals surface area contributed by atoms with E-state index in [0.29, 0.717) is 30.0 Å². The Labute approximate surface area is 150 Å². The fraction of sp³-hybridized carbons (Fsp3) is 0.810. The lowest BCUT2D eigenvalue weighted by Crippen LogP contribution is -2.55. The number of aliphatic hydroxyl groups is 1. The summed E-state index contributed by atoms with van der Waals surface area (Å²) in [5, 5.41) is 13.7. The van der Waals surface area contributed by atoms with Crippen molar-refractivity contribution in [1.29, 1.82) is 0 Å². The molecule has 0 bridgehead atoms. The molecule has 4 heteroatoms. The number of carbonyl (C=O) groups is 2. The zero-order valence-corrected chi connectivity index (χ0v) is 15.7. The van der Waals surface area contributed by atoms with Gasteiger partial charge in [-0.3, -0.25) is 9.59 Å². The first kappa shape index (κ1) is 17.3. The molecule has 0 saturated heterocycles. The van der Waals surface area contributed by atoms with E-state index in [-0.39, 0.29) is 22.8 Å². The van der Waals surface area contributed by atoms with Gasteiger partial charge in [0, 0.05) is 13.3 Å². The molecule has 4 aliphatic carbocycles. The van der Waals surface area contributed by atoms with E-state index in [1.807, 2.05) is 6.08 Å². The lowest BCUT2D eigenvalue weighted by Gasteiger charge is -2.58. The molecule has 2 N–H and O–H groups in total. The second kappa shape index (κ2) is 5.67. The van der Waals surface area contributed by atoms with Crippen LogP contribution in [0.2, 0.25) is 0 Å². The Morgan fingerprint density at radius 3 is 2.68 bits per heavy atom. The molecule has 0 aromatic heterocycles. The van der Waals surface area contributed by atoms with Crippen molar-refractivity contribution in [3.63, 3.8) is 0 Å². The molecule has 0 aromatic rings. The van der Waals surface area contributed by atoms with Crippen molar-refractivity contribution in [3.8, 4) is 0 Å². The number of fused-ring (bicyclic) bond motifs is 5. The molecule has 25 heavy (non-hydrogen) atoms. The van der Waals surface area contributed by atoms with Gasteiger partial charge in [-0.25, -0.2) is 0 Å². The Morgan fingerprint density at radius 2 is 1.96 bits per heavy atom. The van der Waals surface area contributed by atoms with Gasteiger partial charge in [-0.05, 0) is 73.2 Å². The molecule has 1 amide bonds. The lowest BCUT2D eigenvalue weighted by molar-refractivity contribution is -0.122. The first-order chi connectivity index (χ1) is 11.8. The van der Waals surface area contributed by atoms with Crippen molar-refractivity contribution >= 4 is 11.7 Å². The molecule has 4 nitrogen and oxygen atoms in total. The predicted molar refractivity (Wildman–Crippen MR) is 95.7 cm³/mol. The third kappa shape index (κ3) is 2.43. The summed E-state index contributed by atoms with van der Waals surface area (Å²) in [6.07, 6.45) is 8.32. The molecule has 4 rings (SSSR count). The maximum Gasteiger partial charge on any atom is 0.217 e. The summed E-state index contributed by atoms with van der Waals surface area (Å²) in [4.78, 5) is 23.5. The van der Waals surface area contributed by atoms with Crippen LogP contribution in [0.5, 0.6) is 0 Å². The van der Waals surface area contributed by atoms with Gasteiger partial charge in [0.2, 0.25) is 5.91 Å². The second-order valence-corrected chi connectivity index (χ2v) is 9.49. The Kier molecular flexibility index (Phi) is 3.91. The summed E-state index contributed by atoms with van der Waals surface area (Å²) in [6, 6.07) is -0.117. The molecular weight excluding hydrogens is 314 g/mol. The highest BCUT2D eigenvalue weighted by atomic mass is 16.3. The summed E-state index contributed by atoms with van der Waals surface area (Å²) in [5.74, 6) is 1.94. The van der Waals surface area contributed by atoms with Gasteiger partial charge in [-0.1, -0.05) is 19.4 Å². The molecule has 0 spiro atoms. The number of amides is 1.